The predicted molar refractivity (Wildman–Crippen MR) is 113 cm³/mol. The molecule has 0 saturated heterocycles. The molecule has 0 bridgehead atoms. The Bertz CT molecular complexity index is 1080. The summed E-state index contributed by atoms with van der Waals surface area (Å²) >= 11 is 0. The molecule has 0 radical (unpaired) electrons. The number of ketones is 1. The van der Waals surface area contributed by atoms with Crippen LogP contribution >= 0.6 is 0 Å². The molecule has 4 rings (SSSR count). The lowest BCUT2D eigenvalue weighted by atomic mass is 10.0. The fourth-order valence-corrected chi connectivity index (χ4v) is 3.71. The summed E-state index contributed by atoms with van der Waals surface area (Å²) in [6, 6.07) is 15.3. The van der Waals surface area contributed by atoms with Gasteiger partial charge in [-0.05, 0) is 61.6 Å². The van der Waals surface area contributed by atoms with Gasteiger partial charge in [-0.25, -0.2) is 9.97 Å². The number of Topliss-reactive ketones (excluding diaryl/α,β-unsaturated/α-hetero) is 1. The zero-order valence-corrected chi connectivity index (χ0v) is 16.4. The van der Waals surface area contributed by atoms with Gasteiger partial charge in [0.25, 0.3) is 0 Å². The van der Waals surface area contributed by atoms with E-state index in [4.69, 9.17) is 0 Å². The lowest BCUT2D eigenvalue weighted by molar-refractivity contribution is -0.116. The van der Waals surface area contributed by atoms with Crippen molar-refractivity contribution in [3.05, 3.63) is 77.2 Å². The molecule has 0 aliphatic heterocycles. The zero-order valence-electron chi connectivity index (χ0n) is 16.4. The molecule has 1 amide bonds. The van der Waals surface area contributed by atoms with Crippen molar-refractivity contribution in [3.63, 3.8) is 0 Å². The van der Waals surface area contributed by atoms with Gasteiger partial charge in [-0.1, -0.05) is 24.3 Å². The average molecular weight is 385 g/mol. The summed E-state index contributed by atoms with van der Waals surface area (Å²) in [6.07, 6.45) is 5.37. The summed E-state index contributed by atoms with van der Waals surface area (Å²) in [5.41, 5.74) is 5.73. The number of hydrogen-bond acceptors (Lipinski definition) is 4. The fourth-order valence-electron chi connectivity index (χ4n) is 3.71. The molecule has 2 aromatic carbocycles. The quantitative estimate of drug-likeness (QED) is 0.632. The number of fused-ring (bicyclic) bond motifs is 1. The Morgan fingerprint density at radius 1 is 1.00 bits per heavy atom. The van der Waals surface area contributed by atoms with Crippen LogP contribution < -0.4 is 5.32 Å². The summed E-state index contributed by atoms with van der Waals surface area (Å²) in [6.45, 7) is 1.84. The molecule has 1 aliphatic rings. The van der Waals surface area contributed by atoms with E-state index in [1.807, 2.05) is 49.4 Å². The van der Waals surface area contributed by atoms with Crippen LogP contribution in [0.3, 0.4) is 0 Å². The first-order valence-corrected chi connectivity index (χ1v) is 9.93. The number of carbonyl (C=O) groups is 2. The maximum absolute atomic E-state index is 12.5. The fraction of sp³-hybridized carbons (Fsp3) is 0.250. The number of aromatic nitrogens is 2. The van der Waals surface area contributed by atoms with Crippen LogP contribution in [0.2, 0.25) is 0 Å². The van der Waals surface area contributed by atoms with Crippen LogP contribution in [0.15, 0.2) is 54.7 Å². The van der Waals surface area contributed by atoms with E-state index in [1.54, 1.807) is 6.20 Å². The molecule has 0 unspecified atom stereocenters. The maximum Gasteiger partial charge on any atom is 0.224 e. The van der Waals surface area contributed by atoms with Crippen molar-refractivity contribution in [3.8, 4) is 11.3 Å². The van der Waals surface area contributed by atoms with Gasteiger partial charge in [-0.3, -0.25) is 9.59 Å². The van der Waals surface area contributed by atoms with Gasteiger partial charge in [0, 0.05) is 35.9 Å². The first kappa shape index (κ1) is 19.0. The van der Waals surface area contributed by atoms with Crippen molar-refractivity contribution >= 4 is 17.4 Å². The molecule has 5 nitrogen and oxygen atoms in total. The maximum atomic E-state index is 12.5. The number of nitrogens with zero attached hydrogens (tertiary/aromatic N) is 2. The van der Waals surface area contributed by atoms with E-state index >= 15 is 0 Å². The summed E-state index contributed by atoms with van der Waals surface area (Å²) in [5.74, 6) is 0.539. The molecule has 0 fully saturated rings. The van der Waals surface area contributed by atoms with Gasteiger partial charge in [0.15, 0.2) is 5.78 Å². The lowest BCUT2D eigenvalue weighted by Gasteiger charge is -2.08. The number of carbonyl (C=O) groups excluding carboxylic acids is 2. The Hall–Kier alpha value is -3.34. The van der Waals surface area contributed by atoms with Crippen LogP contribution in [0, 0.1) is 6.92 Å². The van der Waals surface area contributed by atoms with E-state index in [0.29, 0.717) is 17.1 Å². The summed E-state index contributed by atoms with van der Waals surface area (Å²) < 4.78 is 0. The second-order valence-corrected chi connectivity index (χ2v) is 7.38. The van der Waals surface area contributed by atoms with E-state index in [2.05, 4.69) is 21.4 Å². The van der Waals surface area contributed by atoms with E-state index < -0.39 is 0 Å². The number of hydrogen-bond donors (Lipinski definition) is 1. The van der Waals surface area contributed by atoms with Gasteiger partial charge in [-0.2, -0.15) is 0 Å². The Balaban J connectivity index is 1.36. The molecular weight excluding hydrogens is 362 g/mol. The highest BCUT2D eigenvalue weighted by molar-refractivity contribution is 6.00. The van der Waals surface area contributed by atoms with Crippen LogP contribution in [-0.4, -0.2) is 21.7 Å². The highest BCUT2D eigenvalue weighted by Crippen LogP contribution is 2.24. The molecule has 5 heteroatoms. The third kappa shape index (κ3) is 4.57. The van der Waals surface area contributed by atoms with E-state index in [0.717, 1.165) is 30.5 Å². The van der Waals surface area contributed by atoms with Crippen LogP contribution in [0.1, 0.15) is 46.6 Å². The monoisotopic (exact) mass is 385 g/mol. The first-order chi connectivity index (χ1) is 14.1. The van der Waals surface area contributed by atoms with Crippen LogP contribution in [0.25, 0.3) is 11.3 Å². The van der Waals surface area contributed by atoms with Gasteiger partial charge in [0.2, 0.25) is 5.91 Å². The minimum absolute atomic E-state index is 0.0139. The van der Waals surface area contributed by atoms with Gasteiger partial charge in [-0.15, -0.1) is 0 Å². The predicted octanol–water partition coefficient (Wildman–Crippen LogP) is 4.54. The number of nitrogens with one attached hydrogen (secondary N) is 1. The molecule has 1 N–H and O–H groups in total. The number of aryl methyl sites for hydroxylation is 3. The average Bonchev–Trinajstić information content (AvgIpc) is 3.20. The smallest absolute Gasteiger partial charge is 0.224 e. The van der Waals surface area contributed by atoms with Crippen molar-refractivity contribution in [2.45, 2.75) is 39.0 Å². The SMILES string of the molecule is Cc1nccc(-c2cccc(NC(=O)CCC(=O)c3ccc4c(c3)CCC4)c2)n1. The summed E-state index contributed by atoms with van der Waals surface area (Å²) in [4.78, 5) is 33.3. The number of benzene rings is 2. The highest BCUT2D eigenvalue weighted by atomic mass is 16.2. The molecule has 146 valence electrons. The molecule has 3 aromatic rings. The second kappa shape index (κ2) is 8.35. The Morgan fingerprint density at radius 3 is 2.72 bits per heavy atom. The topological polar surface area (TPSA) is 72.0 Å². The van der Waals surface area contributed by atoms with E-state index in [-0.39, 0.29) is 24.5 Å². The standard InChI is InChI=1S/C24H23N3O2/c1-16-25-13-12-22(26-16)19-6-3-7-21(15-19)27-24(29)11-10-23(28)20-9-8-17-4-2-5-18(17)14-20/h3,6-9,12-15H,2,4-5,10-11H2,1H3,(H,27,29). The molecule has 0 atom stereocenters. The van der Waals surface area contributed by atoms with Crippen molar-refractivity contribution < 1.29 is 9.59 Å². The minimum atomic E-state index is -0.171. The summed E-state index contributed by atoms with van der Waals surface area (Å²) in [5, 5.41) is 2.88. The lowest BCUT2D eigenvalue weighted by Crippen LogP contribution is -2.13. The number of amides is 1. The Kier molecular flexibility index (Phi) is 5.47. The van der Waals surface area contributed by atoms with Crippen LogP contribution in [-0.2, 0) is 17.6 Å². The molecule has 1 aliphatic carbocycles. The van der Waals surface area contributed by atoms with Crippen LogP contribution in [0.5, 0.6) is 0 Å². The van der Waals surface area contributed by atoms with Crippen molar-refractivity contribution in [2.75, 3.05) is 5.32 Å². The largest absolute Gasteiger partial charge is 0.326 e. The minimum Gasteiger partial charge on any atom is -0.326 e. The Labute approximate surface area is 170 Å². The zero-order chi connectivity index (χ0) is 20.2. The normalized spacial score (nSPS) is 12.4. The van der Waals surface area contributed by atoms with E-state index in [1.165, 1.54) is 11.1 Å². The highest BCUT2D eigenvalue weighted by Gasteiger charge is 2.15. The van der Waals surface area contributed by atoms with Crippen molar-refractivity contribution in [2.24, 2.45) is 0 Å². The number of rotatable bonds is 6. The summed E-state index contributed by atoms with van der Waals surface area (Å²) in [7, 11) is 0. The third-order valence-corrected chi connectivity index (χ3v) is 5.22. The van der Waals surface area contributed by atoms with Crippen molar-refractivity contribution in [1.82, 2.24) is 9.97 Å². The van der Waals surface area contributed by atoms with Crippen molar-refractivity contribution in [1.29, 1.82) is 0 Å². The van der Waals surface area contributed by atoms with Gasteiger partial charge >= 0.3 is 0 Å². The molecule has 0 saturated carbocycles. The van der Waals surface area contributed by atoms with Crippen LogP contribution in [0.4, 0.5) is 5.69 Å². The second-order valence-electron chi connectivity index (χ2n) is 7.38. The molecule has 1 aromatic heterocycles. The first-order valence-electron chi connectivity index (χ1n) is 9.93. The molecule has 1 heterocycles. The Morgan fingerprint density at radius 2 is 1.86 bits per heavy atom. The molecule has 29 heavy (non-hydrogen) atoms. The number of anilines is 1. The molecule has 0 spiro atoms. The van der Waals surface area contributed by atoms with Gasteiger partial charge < -0.3 is 5.32 Å². The van der Waals surface area contributed by atoms with E-state index in [9.17, 15) is 9.59 Å². The third-order valence-electron chi connectivity index (χ3n) is 5.22. The molecular formula is C24H23N3O2. The van der Waals surface area contributed by atoms with Gasteiger partial charge in [0.1, 0.15) is 5.82 Å². The van der Waals surface area contributed by atoms with Gasteiger partial charge in [0.05, 0.1) is 5.69 Å².